The molecule has 2 aromatic rings. The van der Waals surface area contributed by atoms with E-state index in [1.807, 2.05) is 0 Å². The summed E-state index contributed by atoms with van der Waals surface area (Å²) in [7, 11) is 3.33. The van der Waals surface area contributed by atoms with Crippen LogP contribution in [-0.4, -0.2) is 29.2 Å². The zero-order valence-corrected chi connectivity index (χ0v) is 13.1. The quantitative estimate of drug-likeness (QED) is 0.788. The normalized spacial score (nSPS) is 10.6. The van der Waals surface area contributed by atoms with Crippen LogP contribution in [0.4, 0.5) is 10.2 Å². The summed E-state index contributed by atoms with van der Waals surface area (Å²) in [6.07, 6.45) is 0. The first-order chi connectivity index (χ1) is 9.56. The van der Waals surface area contributed by atoms with Crippen molar-refractivity contribution in [3.8, 4) is 17.1 Å². The molecule has 0 atom stereocenters. The lowest BCUT2D eigenvalue weighted by Crippen LogP contribution is -2.06. The molecule has 0 fully saturated rings. The van der Waals surface area contributed by atoms with Gasteiger partial charge in [0.2, 0.25) is 0 Å². The largest absolute Gasteiger partial charge is 0.505 e. The molecule has 0 unspecified atom stereocenters. The van der Waals surface area contributed by atoms with Crippen molar-refractivity contribution in [3.63, 3.8) is 0 Å². The molecule has 0 spiro atoms. The molecule has 0 radical (unpaired) electrons. The van der Waals surface area contributed by atoms with E-state index in [1.54, 1.807) is 20.2 Å². The fourth-order valence-corrected chi connectivity index (χ4v) is 2.33. The van der Waals surface area contributed by atoms with Gasteiger partial charge in [-0.3, -0.25) is 0 Å². The minimum absolute atomic E-state index is 0.336. The van der Waals surface area contributed by atoms with Gasteiger partial charge < -0.3 is 15.2 Å². The van der Waals surface area contributed by atoms with E-state index in [4.69, 9.17) is 4.74 Å². The Bertz CT molecular complexity index is 637. The highest BCUT2D eigenvalue weighted by Crippen LogP contribution is 2.26. The maximum Gasteiger partial charge on any atom is 0.165 e. The molecule has 2 N–H and O–H groups in total. The number of anilines is 1. The summed E-state index contributed by atoms with van der Waals surface area (Å²) in [5, 5.41) is 12.2. The summed E-state index contributed by atoms with van der Waals surface area (Å²) in [4.78, 5) is 8.72. The average molecular weight is 389 g/mol. The van der Waals surface area contributed by atoms with Gasteiger partial charge in [-0.2, -0.15) is 0 Å². The third-order valence-electron chi connectivity index (χ3n) is 2.64. The Labute approximate surface area is 129 Å². The molecular formula is C13H13FIN3O2. The fraction of sp³-hybridized carbons (Fsp3) is 0.231. The number of hydrogen-bond acceptors (Lipinski definition) is 5. The van der Waals surface area contributed by atoms with Gasteiger partial charge in [-0.15, -0.1) is 0 Å². The number of halogens is 2. The molecule has 0 saturated heterocycles. The van der Waals surface area contributed by atoms with E-state index in [0.717, 1.165) is 9.26 Å². The predicted octanol–water partition coefficient (Wildman–Crippen LogP) is 2.78. The van der Waals surface area contributed by atoms with Crippen LogP contribution >= 0.6 is 22.6 Å². The molecule has 1 aromatic carbocycles. The summed E-state index contributed by atoms with van der Waals surface area (Å²) in [6.45, 7) is 0.336. The topological polar surface area (TPSA) is 67.3 Å². The predicted molar refractivity (Wildman–Crippen MR) is 82.1 cm³/mol. The molecule has 0 amide bonds. The SMILES string of the molecule is CNc1nc(-c2ccc(O)c(F)c2)nc(COC)c1I. The zero-order valence-electron chi connectivity index (χ0n) is 10.9. The van der Waals surface area contributed by atoms with Crippen LogP contribution in [0.1, 0.15) is 5.69 Å². The molecule has 0 aliphatic rings. The number of benzene rings is 1. The van der Waals surface area contributed by atoms with Crippen molar-refractivity contribution in [2.75, 3.05) is 19.5 Å². The van der Waals surface area contributed by atoms with Gasteiger partial charge in [0.1, 0.15) is 5.82 Å². The molecule has 0 saturated carbocycles. The number of phenols is 1. The van der Waals surface area contributed by atoms with Crippen molar-refractivity contribution >= 4 is 28.4 Å². The molecule has 7 heteroatoms. The first-order valence-corrected chi connectivity index (χ1v) is 6.86. The maximum atomic E-state index is 13.4. The maximum absolute atomic E-state index is 13.4. The first kappa shape index (κ1) is 14.9. The van der Waals surface area contributed by atoms with Crippen LogP contribution in [-0.2, 0) is 11.3 Å². The molecule has 20 heavy (non-hydrogen) atoms. The van der Waals surface area contributed by atoms with E-state index in [0.29, 0.717) is 23.8 Å². The van der Waals surface area contributed by atoms with Crippen LogP contribution in [0.25, 0.3) is 11.4 Å². The number of aromatic hydroxyl groups is 1. The van der Waals surface area contributed by atoms with E-state index >= 15 is 0 Å². The fourth-order valence-electron chi connectivity index (χ4n) is 1.67. The Morgan fingerprint density at radius 3 is 2.75 bits per heavy atom. The van der Waals surface area contributed by atoms with E-state index in [9.17, 15) is 9.50 Å². The van der Waals surface area contributed by atoms with Crippen molar-refractivity contribution in [3.05, 3.63) is 33.3 Å². The lowest BCUT2D eigenvalue weighted by Gasteiger charge is -2.11. The van der Waals surface area contributed by atoms with Crippen LogP contribution in [0.5, 0.6) is 5.75 Å². The van der Waals surface area contributed by atoms with Crippen LogP contribution in [0, 0.1) is 9.39 Å². The molecule has 2 rings (SSSR count). The van der Waals surface area contributed by atoms with Gasteiger partial charge in [-0.05, 0) is 40.8 Å². The first-order valence-electron chi connectivity index (χ1n) is 5.78. The van der Waals surface area contributed by atoms with E-state index < -0.39 is 11.6 Å². The van der Waals surface area contributed by atoms with Gasteiger partial charge in [0.15, 0.2) is 17.4 Å². The molecule has 0 aliphatic carbocycles. The minimum Gasteiger partial charge on any atom is -0.505 e. The number of ether oxygens (including phenoxy) is 1. The number of nitrogens with zero attached hydrogens (tertiary/aromatic N) is 2. The third-order valence-corrected chi connectivity index (χ3v) is 3.78. The van der Waals surface area contributed by atoms with E-state index in [-0.39, 0.29) is 0 Å². The highest BCUT2D eigenvalue weighted by Gasteiger charge is 2.13. The molecule has 0 bridgehead atoms. The Morgan fingerprint density at radius 2 is 2.15 bits per heavy atom. The summed E-state index contributed by atoms with van der Waals surface area (Å²) >= 11 is 2.13. The van der Waals surface area contributed by atoms with E-state index in [1.165, 1.54) is 12.1 Å². The van der Waals surface area contributed by atoms with E-state index in [2.05, 4.69) is 37.9 Å². The van der Waals surface area contributed by atoms with Crippen LogP contribution in [0.15, 0.2) is 18.2 Å². The number of methoxy groups -OCH3 is 1. The van der Waals surface area contributed by atoms with Crippen molar-refractivity contribution in [2.24, 2.45) is 0 Å². The summed E-state index contributed by atoms with van der Waals surface area (Å²) in [5.41, 5.74) is 1.21. The Morgan fingerprint density at radius 1 is 1.40 bits per heavy atom. The van der Waals surface area contributed by atoms with Crippen LogP contribution < -0.4 is 5.32 Å². The van der Waals surface area contributed by atoms with Crippen molar-refractivity contribution in [1.82, 2.24) is 9.97 Å². The summed E-state index contributed by atoms with van der Waals surface area (Å²) in [5.74, 6) is -0.0778. The molecule has 1 aromatic heterocycles. The highest BCUT2D eigenvalue weighted by molar-refractivity contribution is 14.1. The van der Waals surface area contributed by atoms with Crippen molar-refractivity contribution in [1.29, 1.82) is 0 Å². The standard InChI is InChI=1S/C13H13FIN3O2/c1-16-13-11(15)9(6-20-2)17-12(18-13)7-3-4-10(19)8(14)5-7/h3-5,19H,6H2,1-2H3,(H,16,17,18). The smallest absolute Gasteiger partial charge is 0.165 e. The summed E-state index contributed by atoms with van der Waals surface area (Å²) in [6, 6.07) is 4.05. The lowest BCUT2D eigenvalue weighted by atomic mass is 10.2. The highest BCUT2D eigenvalue weighted by atomic mass is 127. The van der Waals surface area contributed by atoms with Crippen LogP contribution in [0.2, 0.25) is 0 Å². The van der Waals surface area contributed by atoms with Gasteiger partial charge >= 0.3 is 0 Å². The Balaban J connectivity index is 2.55. The monoisotopic (exact) mass is 389 g/mol. The second-order valence-corrected chi connectivity index (χ2v) is 5.08. The van der Waals surface area contributed by atoms with Gasteiger partial charge in [-0.25, -0.2) is 14.4 Å². The van der Waals surface area contributed by atoms with Crippen molar-refractivity contribution in [2.45, 2.75) is 6.61 Å². The summed E-state index contributed by atoms with van der Waals surface area (Å²) < 4.78 is 19.4. The van der Waals surface area contributed by atoms with Gasteiger partial charge in [-0.1, -0.05) is 0 Å². The van der Waals surface area contributed by atoms with Gasteiger partial charge in [0.25, 0.3) is 0 Å². The lowest BCUT2D eigenvalue weighted by molar-refractivity contribution is 0.181. The number of aromatic nitrogens is 2. The molecule has 5 nitrogen and oxygen atoms in total. The molecular weight excluding hydrogens is 376 g/mol. The molecule has 1 heterocycles. The molecule has 106 valence electrons. The number of hydrogen-bond donors (Lipinski definition) is 2. The van der Waals surface area contributed by atoms with Crippen molar-refractivity contribution < 1.29 is 14.2 Å². The van der Waals surface area contributed by atoms with Gasteiger partial charge in [0, 0.05) is 19.7 Å². The van der Waals surface area contributed by atoms with Gasteiger partial charge in [0.05, 0.1) is 15.9 Å². The number of rotatable bonds is 4. The zero-order chi connectivity index (χ0) is 14.7. The van der Waals surface area contributed by atoms with Crippen LogP contribution in [0.3, 0.4) is 0 Å². The minimum atomic E-state index is -0.705. The molecule has 0 aliphatic heterocycles. The third kappa shape index (κ3) is 2.98. The second-order valence-electron chi connectivity index (χ2n) is 4.01. The number of nitrogens with one attached hydrogen (secondary N) is 1. The Kier molecular flexibility index (Phi) is 4.71. The average Bonchev–Trinajstić information content (AvgIpc) is 2.44. The number of phenolic OH excluding ortho intramolecular Hbond substituents is 1. The Hall–Kier alpha value is -1.48. The second kappa shape index (κ2) is 6.31.